The molecule has 0 spiro atoms. The van der Waals surface area contributed by atoms with Crippen LogP contribution >= 0.6 is 0 Å². The van der Waals surface area contributed by atoms with Crippen molar-refractivity contribution >= 4 is 77.2 Å². The van der Waals surface area contributed by atoms with Crippen LogP contribution in [0.2, 0.25) is 0 Å². The van der Waals surface area contributed by atoms with Crippen LogP contribution in [0.4, 0.5) is 34.1 Å². The maximum Gasteiger partial charge on any atom is 0.0540 e. The van der Waals surface area contributed by atoms with Gasteiger partial charge in [-0.3, -0.25) is 0 Å². The van der Waals surface area contributed by atoms with Crippen molar-refractivity contribution in [1.82, 2.24) is 0 Å². The van der Waals surface area contributed by atoms with Gasteiger partial charge in [-0.25, -0.2) is 0 Å². The van der Waals surface area contributed by atoms with Gasteiger partial charge >= 0.3 is 0 Å². The summed E-state index contributed by atoms with van der Waals surface area (Å²) in [5.41, 5.74) is 23.6. The van der Waals surface area contributed by atoms with Crippen LogP contribution in [0.5, 0.6) is 0 Å². The summed E-state index contributed by atoms with van der Waals surface area (Å²) >= 11 is 0. The lowest BCUT2D eigenvalue weighted by molar-refractivity contribution is 1.23. The zero-order valence-corrected chi connectivity index (χ0v) is 46.6. The van der Waals surface area contributed by atoms with Crippen molar-refractivity contribution in [1.29, 1.82) is 0 Å². The van der Waals surface area contributed by atoms with Crippen LogP contribution in [-0.4, -0.2) is 0 Å². The number of para-hydroxylation sites is 2. The third-order valence-corrected chi connectivity index (χ3v) is 16.7. The second-order valence-corrected chi connectivity index (χ2v) is 21.8. The first kappa shape index (κ1) is 50.0. The van der Waals surface area contributed by atoms with Crippen LogP contribution in [0, 0.1) is 27.7 Å². The predicted octanol–water partition coefficient (Wildman–Crippen LogP) is 22.8. The molecular weight excluding hydrogens is 989 g/mol. The van der Waals surface area contributed by atoms with Gasteiger partial charge in [-0.1, -0.05) is 218 Å². The first-order chi connectivity index (χ1) is 40.3. The van der Waals surface area contributed by atoms with Crippen molar-refractivity contribution in [2.45, 2.75) is 27.7 Å². The Morgan fingerprint density at radius 3 is 0.878 bits per heavy atom. The van der Waals surface area contributed by atoms with E-state index in [0.717, 1.165) is 34.1 Å². The van der Waals surface area contributed by atoms with Gasteiger partial charge in [0.25, 0.3) is 0 Å². The fourth-order valence-electron chi connectivity index (χ4n) is 13.0. The third kappa shape index (κ3) is 8.96. The Morgan fingerprint density at radius 1 is 0.207 bits per heavy atom. The van der Waals surface area contributed by atoms with Crippen molar-refractivity contribution < 1.29 is 0 Å². The largest absolute Gasteiger partial charge is 0.310 e. The minimum absolute atomic E-state index is 1.09. The molecule has 0 aliphatic rings. The molecule has 0 saturated carbocycles. The van der Waals surface area contributed by atoms with Crippen LogP contribution in [0.15, 0.2) is 291 Å². The summed E-state index contributed by atoms with van der Waals surface area (Å²) < 4.78 is 0. The van der Waals surface area contributed by atoms with E-state index in [0.29, 0.717) is 0 Å². The number of aryl methyl sites for hydroxylation is 4. The fraction of sp³-hybridized carbons (Fsp3) is 0.0500. The smallest absolute Gasteiger partial charge is 0.0540 e. The average molecular weight is 1050 g/mol. The standard InChI is InChI=1S/C80H60N2/c1-53-47-65(81(77-37-21-19-31-69(77)57-23-7-5-8-24-57)63-43-39-59(40-44-63)75-51-61-27-11-13-29-67(61)71-33-15-17-35-73(71)75)48-54(2)79(53)80-55(3)49-66(50-56(80)4)82(78-38-22-20-32-70(78)58-25-9-6-10-26-58)64-45-41-60(42-46-64)76-52-62-28-12-14-30-68(62)72-34-16-18-36-74(72)76/h5-52H,1-4H3. The normalized spacial score (nSPS) is 11.4. The SMILES string of the molecule is Cc1cc(N(c2ccc(-c3cc4ccccc4c4ccccc34)cc2)c2ccccc2-c2ccccc2)cc(C)c1-c1c(C)cc(N(c2ccc(-c3cc4ccccc4c4ccccc34)cc2)c2ccccc2-c2ccccc2)cc1C. The van der Waals surface area contributed by atoms with Gasteiger partial charge < -0.3 is 9.80 Å². The molecule has 0 fully saturated rings. The van der Waals surface area contributed by atoms with E-state index in [1.54, 1.807) is 0 Å². The molecule has 0 aliphatic heterocycles. The van der Waals surface area contributed by atoms with E-state index in [4.69, 9.17) is 0 Å². The van der Waals surface area contributed by atoms with E-state index >= 15 is 0 Å². The van der Waals surface area contributed by atoms with E-state index in [1.165, 1.54) is 121 Å². The highest BCUT2D eigenvalue weighted by Crippen LogP contribution is 2.48. The van der Waals surface area contributed by atoms with Crippen molar-refractivity contribution in [3.05, 3.63) is 313 Å². The second-order valence-electron chi connectivity index (χ2n) is 21.8. The lowest BCUT2D eigenvalue weighted by atomic mass is 9.88. The lowest BCUT2D eigenvalue weighted by Gasteiger charge is -2.31. The van der Waals surface area contributed by atoms with Crippen LogP contribution in [-0.2, 0) is 0 Å². The number of hydrogen-bond donors (Lipinski definition) is 0. The van der Waals surface area contributed by atoms with Crippen molar-refractivity contribution in [2.75, 3.05) is 9.80 Å². The van der Waals surface area contributed by atoms with Gasteiger partial charge in [-0.05, 0) is 210 Å². The highest BCUT2D eigenvalue weighted by molar-refractivity contribution is 6.15. The Bertz CT molecular complexity index is 4360. The molecule has 0 N–H and O–H groups in total. The monoisotopic (exact) mass is 1050 g/mol. The summed E-state index contributed by atoms with van der Waals surface area (Å²) in [5.74, 6) is 0. The summed E-state index contributed by atoms with van der Waals surface area (Å²) in [6, 6.07) is 107. The first-order valence-electron chi connectivity index (χ1n) is 28.5. The molecule has 14 aromatic carbocycles. The molecule has 14 rings (SSSR count). The molecule has 2 heteroatoms. The number of benzene rings is 14. The maximum absolute atomic E-state index is 2.45. The molecule has 0 saturated heterocycles. The highest BCUT2D eigenvalue weighted by atomic mass is 15.2. The number of hydrogen-bond acceptors (Lipinski definition) is 2. The molecule has 0 radical (unpaired) electrons. The molecule has 390 valence electrons. The molecule has 82 heavy (non-hydrogen) atoms. The molecule has 0 aromatic heterocycles. The molecule has 0 bridgehead atoms. The third-order valence-electron chi connectivity index (χ3n) is 16.7. The molecule has 0 unspecified atom stereocenters. The van der Waals surface area contributed by atoms with Crippen LogP contribution in [0.25, 0.3) is 98.7 Å². The van der Waals surface area contributed by atoms with Gasteiger partial charge in [0.2, 0.25) is 0 Å². The van der Waals surface area contributed by atoms with Gasteiger partial charge in [-0.2, -0.15) is 0 Å². The lowest BCUT2D eigenvalue weighted by Crippen LogP contribution is -2.13. The average Bonchev–Trinajstić information content (AvgIpc) is 3.40. The molecular formula is C80H60N2. The van der Waals surface area contributed by atoms with Crippen LogP contribution in [0.1, 0.15) is 22.3 Å². The second kappa shape index (κ2) is 21.1. The maximum atomic E-state index is 2.45. The van der Waals surface area contributed by atoms with Gasteiger partial charge in [0.15, 0.2) is 0 Å². The summed E-state index contributed by atoms with van der Waals surface area (Å²) in [5, 5.41) is 10.1. The predicted molar refractivity (Wildman–Crippen MR) is 352 cm³/mol. The van der Waals surface area contributed by atoms with E-state index < -0.39 is 0 Å². The summed E-state index contributed by atoms with van der Waals surface area (Å²) in [6.45, 7) is 9.15. The van der Waals surface area contributed by atoms with Crippen molar-refractivity contribution in [3.8, 4) is 55.6 Å². The zero-order valence-electron chi connectivity index (χ0n) is 46.6. The Kier molecular flexibility index (Phi) is 12.8. The topological polar surface area (TPSA) is 6.48 Å². The number of anilines is 6. The molecule has 2 nitrogen and oxygen atoms in total. The van der Waals surface area contributed by atoms with Crippen LogP contribution < -0.4 is 9.80 Å². The molecule has 14 aromatic rings. The van der Waals surface area contributed by atoms with Gasteiger partial charge in [0.05, 0.1) is 11.4 Å². The van der Waals surface area contributed by atoms with Gasteiger partial charge in [0.1, 0.15) is 0 Å². The summed E-state index contributed by atoms with van der Waals surface area (Å²) in [6.07, 6.45) is 0. The minimum Gasteiger partial charge on any atom is -0.310 e. The van der Waals surface area contributed by atoms with Crippen molar-refractivity contribution in [3.63, 3.8) is 0 Å². The number of fused-ring (bicyclic) bond motifs is 6. The summed E-state index contributed by atoms with van der Waals surface area (Å²) in [4.78, 5) is 4.90. The number of nitrogens with zero attached hydrogens (tertiary/aromatic N) is 2. The number of rotatable bonds is 11. The van der Waals surface area contributed by atoms with Gasteiger partial charge in [-0.15, -0.1) is 0 Å². The zero-order chi connectivity index (χ0) is 55.3. The Balaban J connectivity index is 0.877. The van der Waals surface area contributed by atoms with E-state index in [9.17, 15) is 0 Å². The Hall–Kier alpha value is -10.3. The van der Waals surface area contributed by atoms with Crippen molar-refractivity contribution in [2.24, 2.45) is 0 Å². The molecule has 0 atom stereocenters. The Labute approximate surface area is 481 Å². The minimum atomic E-state index is 1.09. The molecule has 0 aliphatic carbocycles. The molecule has 0 heterocycles. The molecule has 0 amide bonds. The summed E-state index contributed by atoms with van der Waals surface area (Å²) in [7, 11) is 0. The van der Waals surface area contributed by atoms with Crippen LogP contribution in [0.3, 0.4) is 0 Å². The first-order valence-corrected chi connectivity index (χ1v) is 28.5. The van der Waals surface area contributed by atoms with E-state index in [-0.39, 0.29) is 0 Å². The fourth-order valence-corrected chi connectivity index (χ4v) is 13.0. The quantitative estimate of drug-likeness (QED) is 0.119. The highest BCUT2D eigenvalue weighted by Gasteiger charge is 2.24. The van der Waals surface area contributed by atoms with E-state index in [2.05, 4.69) is 329 Å². The van der Waals surface area contributed by atoms with E-state index in [1.807, 2.05) is 0 Å². The van der Waals surface area contributed by atoms with Gasteiger partial charge in [0, 0.05) is 33.9 Å². The Morgan fingerprint density at radius 2 is 0.500 bits per heavy atom.